The number of rotatable bonds is 7. The Morgan fingerprint density at radius 2 is 2.00 bits per heavy atom. The Kier molecular flexibility index (Phi) is 5.80. The Morgan fingerprint density at radius 1 is 1.32 bits per heavy atom. The normalized spacial score (nSPS) is 16.5. The standard InChI is InChI=1S/C17H26N2O3/c1-17(2,16(20)21)14-6-3-4-7-15(14)18-8-5-9-19-10-12-22-13-11-19/h3-4,6-7,18H,5,8-13H2,1-2H3,(H,20,21). The van der Waals surface area contributed by atoms with Crippen LogP contribution in [0.1, 0.15) is 25.8 Å². The summed E-state index contributed by atoms with van der Waals surface area (Å²) in [5.41, 5.74) is 0.846. The third kappa shape index (κ3) is 4.21. The SMILES string of the molecule is CC(C)(C(=O)O)c1ccccc1NCCCN1CCOCC1. The van der Waals surface area contributed by atoms with Crippen molar-refractivity contribution >= 4 is 11.7 Å². The summed E-state index contributed by atoms with van der Waals surface area (Å²) in [5, 5.41) is 12.8. The summed E-state index contributed by atoms with van der Waals surface area (Å²) >= 11 is 0. The van der Waals surface area contributed by atoms with E-state index in [1.807, 2.05) is 24.3 Å². The lowest BCUT2D eigenvalue weighted by molar-refractivity contribution is -0.142. The first-order chi connectivity index (χ1) is 10.5. The first-order valence-electron chi connectivity index (χ1n) is 7.88. The molecule has 0 atom stereocenters. The Morgan fingerprint density at radius 3 is 2.68 bits per heavy atom. The average molecular weight is 306 g/mol. The molecule has 1 saturated heterocycles. The van der Waals surface area contributed by atoms with E-state index in [1.165, 1.54) is 0 Å². The van der Waals surface area contributed by atoms with Gasteiger partial charge in [-0.3, -0.25) is 9.69 Å². The number of nitrogens with zero attached hydrogens (tertiary/aromatic N) is 1. The number of carbonyl (C=O) groups is 1. The number of morpholine rings is 1. The zero-order valence-electron chi connectivity index (χ0n) is 13.5. The second-order valence-corrected chi connectivity index (χ2v) is 6.21. The monoisotopic (exact) mass is 306 g/mol. The smallest absolute Gasteiger partial charge is 0.313 e. The number of hydrogen-bond donors (Lipinski definition) is 2. The summed E-state index contributed by atoms with van der Waals surface area (Å²) in [6, 6.07) is 7.66. The van der Waals surface area contributed by atoms with Crippen LogP contribution in [0.3, 0.4) is 0 Å². The number of anilines is 1. The van der Waals surface area contributed by atoms with E-state index in [0.29, 0.717) is 0 Å². The minimum Gasteiger partial charge on any atom is -0.481 e. The van der Waals surface area contributed by atoms with Crippen LogP contribution in [0.2, 0.25) is 0 Å². The maximum Gasteiger partial charge on any atom is 0.313 e. The second kappa shape index (κ2) is 7.61. The molecule has 0 saturated carbocycles. The minimum atomic E-state index is -0.895. The molecule has 2 N–H and O–H groups in total. The molecule has 5 nitrogen and oxygen atoms in total. The first kappa shape index (κ1) is 16.8. The van der Waals surface area contributed by atoms with E-state index in [1.54, 1.807) is 13.8 Å². The maximum atomic E-state index is 11.5. The van der Waals surface area contributed by atoms with E-state index in [9.17, 15) is 9.90 Å². The summed E-state index contributed by atoms with van der Waals surface area (Å²) in [7, 11) is 0. The number of benzene rings is 1. The van der Waals surface area contributed by atoms with Crippen molar-refractivity contribution in [2.24, 2.45) is 0 Å². The minimum absolute atomic E-state index is 0.810. The van der Waals surface area contributed by atoms with Gasteiger partial charge in [-0.05, 0) is 38.4 Å². The van der Waals surface area contributed by atoms with Gasteiger partial charge in [-0.15, -0.1) is 0 Å². The third-order valence-corrected chi connectivity index (χ3v) is 4.21. The average Bonchev–Trinajstić information content (AvgIpc) is 2.53. The van der Waals surface area contributed by atoms with Gasteiger partial charge in [0.25, 0.3) is 0 Å². The summed E-state index contributed by atoms with van der Waals surface area (Å²) in [6.45, 7) is 9.01. The predicted octanol–water partition coefficient (Wildman–Crippen LogP) is 2.18. The zero-order valence-corrected chi connectivity index (χ0v) is 13.5. The van der Waals surface area contributed by atoms with E-state index in [4.69, 9.17) is 4.74 Å². The van der Waals surface area contributed by atoms with Crippen LogP contribution < -0.4 is 5.32 Å². The largest absolute Gasteiger partial charge is 0.481 e. The van der Waals surface area contributed by atoms with Crippen LogP contribution in [-0.4, -0.2) is 55.4 Å². The molecular formula is C17H26N2O3. The van der Waals surface area contributed by atoms with Gasteiger partial charge >= 0.3 is 5.97 Å². The van der Waals surface area contributed by atoms with Crippen molar-refractivity contribution in [3.8, 4) is 0 Å². The highest BCUT2D eigenvalue weighted by molar-refractivity contribution is 5.83. The maximum absolute atomic E-state index is 11.5. The van der Waals surface area contributed by atoms with E-state index in [0.717, 1.165) is 57.1 Å². The molecule has 1 fully saturated rings. The molecule has 0 unspecified atom stereocenters. The van der Waals surface area contributed by atoms with Crippen molar-refractivity contribution in [2.75, 3.05) is 44.7 Å². The Bertz CT molecular complexity index is 496. The molecular weight excluding hydrogens is 280 g/mol. The van der Waals surface area contributed by atoms with Gasteiger partial charge in [0.15, 0.2) is 0 Å². The number of hydrogen-bond acceptors (Lipinski definition) is 4. The van der Waals surface area contributed by atoms with Crippen LogP contribution in [0.25, 0.3) is 0 Å². The van der Waals surface area contributed by atoms with Gasteiger partial charge in [0.1, 0.15) is 0 Å². The van der Waals surface area contributed by atoms with Gasteiger partial charge in [0.05, 0.1) is 18.6 Å². The van der Waals surface area contributed by atoms with Crippen molar-refractivity contribution in [3.05, 3.63) is 29.8 Å². The van der Waals surface area contributed by atoms with Crippen LogP contribution in [0.4, 0.5) is 5.69 Å². The fourth-order valence-electron chi connectivity index (χ4n) is 2.65. The van der Waals surface area contributed by atoms with Crippen molar-refractivity contribution in [2.45, 2.75) is 25.7 Å². The summed E-state index contributed by atoms with van der Waals surface area (Å²) in [5.74, 6) is -0.810. The molecule has 0 spiro atoms. The number of aliphatic carboxylic acids is 1. The Balaban J connectivity index is 1.88. The molecule has 1 heterocycles. The van der Waals surface area contributed by atoms with Crippen LogP contribution in [0.15, 0.2) is 24.3 Å². The molecule has 122 valence electrons. The summed E-state index contributed by atoms with van der Waals surface area (Å²) in [6.07, 6.45) is 1.03. The quantitative estimate of drug-likeness (QED) is 0.756. The van der Waals surface area contributed by atoms with Gasteiger partial charge in [-0.2, -0.15) is 0 Å². The molecule has 1 aliphatic rings. The highest BCUT2D eigenvalue weighted by Crippen LogP contribution is 2.30. The Hall–Kier alpha value is -1.59. The van der Waals surface area contributed by atoms with Crippen LogP contribution in [-0.2, 0) is 14.9 Å². The number of nitrogens with one attached hydrogen (secondary N) is 1. The molecule has 1 aromatic rings. The molecule has 0 radical (unpaired) electrons. The summed E-state index contributed by atoms with van der Waals surface area (Å²) in [4.78, 5) is 13.9. The highest BCUT2D eigenvalue weighted by Gasteiger charge is 2.31. The van der Waals surface area contributed by atoms with Gasteiger partial charge in [-0.1, -0.05) is 18.2 Å². The number of carboxylic acids is 1. The van der Waals surface area contributed by atoms with Gasteiger partial charge in [0.2, 0.25) is 0 Å². The molecule has 2 rings (SSSR count). The van der Waals surface area contributed by atoms with Crippen molar-refractivity contribution in [1.29, 1.82) is 0 Å². The van der Waals surface area contributed by atoms with Gasteiger partial charge < -0.3 is 15.2 Å². The van der Waals surface area contributed by atoms with Crippen molar-refractivity contribution in [1.82, 2.24) is 4.90 Å². The van der Waals surface area contributed by atoms with E-state index < -0.39 is 11.4 Å². The fraction of sp³-hybridized carbons (Fsp3) is 0.588. The number of ether oxygens (including phenoxy) is 1. The number of para-hydroxylation sites is 1. The van der Waals surface area contributed by atoms with Crippen molar-refractivity contribution < 1.29 is 14.6 Å². The summed E-state index contributed by atoms with van der Waals surface area (Å²) < 4.78 is 5.34. The molecule has 0 aliphatic carbocycles. The second-order valence-electron chi connectivity index (χ2n) is 6.21. The Labute approximate surface area is 132 Å². The van der Waals surface area contributed by atoms with Crippen LogP contribution in [0.5, 0.6) is 0 Å². The molecule has 0 bridgehead atoms. The zero-order chi connectivity index (χ0) is 16.0. The van der Waals surface area contributed by atoms with E-state index in [-0.39, 0.29) is 0 Å². The van der Waals surface area contributed by atoms with E-state index >= 15 is 0 Å². The predicted molar refractivity (Wildman–Crippen MR) is 87.5 cm³/mol. The van der Waals surface area contributed by atoms with Gasteiger partial charge in [0, 0.05) is 25.3 Å². The first-order valence-corrected chi connectivity index (χ1v) is 7.88. The molecule has 5 heteroatoms. The van der Waals surface area contributed by atoms with Crippen molar-refractivity contribution in [3.63, 3.8) is 0 Å². The van der Waals surface area contributed by atoms with Crippen LogP contribution >= 0.6 is 0 Å². The van der Waals surface area contributed by atoms with Crippen LogP contribution in [0, 0.1) is 0 Å². The molecule has 1 aromatic carbocycles. The third-order valence-electron chi connectivity index (χ3n) is 4.21. The molecule has 0 aromatic heterocycles. The lowest BCUT2D eigenvalue weighted by Crippen LogP contribution is -2.37. The number of carboxylic acid groups (broad SMARTS) is 1. The topological polar surface area (TPSA) is 61.8 Å². The van der Waals surface area contributed by atoms with Gasteiger partial charge in [-0.25, -0.2) is 0 Å². The lowest BCUT2D eigenvalue weighted by Gasteiger charge is -2.27. The van der Waals surface area contributed by atoms with E-state index in [2.05, 4.69) is 10.2 Å². The molecule has 1 aliphatic heterocycles. The fourth-order valence-corrected chi connectivity index (χ4v) is 2.65. The lowest BCUT2D eigenvalue weighted by atomic mass is 9.83. The highest BCUT2D eigenvalue weighted by atomic mass is 16.5. The molecule has 0 amide bonds. The molecule has 22 heavy (non-hydrogen) atoms.